The maximum atomic E-state index is 5.94. The van der Waals surface area contributed by atoms with Crippen molar-refractivity contribution in [3.8, 4) is 5.75 Å². The summed E-state index contributed by atoms with van der Waals surface area (Å²) in [4.78, 5) is 2.10. The molecular weight excluding hydrogens is 272 g/mol. The molecular formula is C19H26N2O. The van der Waals surface area contributed by atoms with Gasteiger partial charge in [-0.15, -0.1) is 0 Å². The fourth-order valence-corrected chi connectivity index (χ4v) is 2.49. The molecule has 118 valence electrons. The van der Waals surface area contributed by atoms with Crippen molar-refractivity contribution in [3.63, 3.8) is 0 Å². The highest BCUT2D eigenvalue weighted by Gasteiger charge is 2.10. The zero-order chi connectivity index (χ0) is 15.9. The van der Waals surface area contributed by atoms with E-state index in [2.05, 4.69) is 48.2 Å². The van der Waals surface area contributed by atoms with Gasteiger partial charge in [0.25, 0.3) is 0 Å². The predicted octanol–water partition coefficient (Wildman–Crippen LogP) is 3.57. The van der Waals surface area contributed by atoms with E-state index >= 15 is 0 Å². The molecule has 1 atom stereocenters. The average Bonchev–Trinajstić information content (AvgIpc) is 2.52. The summed E-state index contributed by atoms with van der Waals surface area (Å²) in [6.45, 7) is 3.39. The Hall–Kier alpha value is -2.00. The van der Waals surface area contributed by atoms with Crippen molar-refractivity contribution in [2.75, 3.05) is 32.1 Å². The summed E-state index contributed by atoms with van der Waals surface area (Å²) in [5.41, 5.74) is 9.64. The van der Waals surface area contributed by atoms with Crippen LogP contribution in [0.25, 0.3) is 0 Å². The van der Waals surface area contributed by atoms with Crippen LogP contribution >= 0.6 is 0 Å². The molecule has 0 aliphatic carbocycles. The Balaban J connectivity index is 1.91. The molecule has 0 aromatic heterocycles. The van der Waals surface area contributed by atoms with Crippen LogP contribution in [0.15, 0.2) is 48.5 Å². The van der Waals surface area contributed by atoms with E-state index in [1.165, 1.54) is 16.8 Å². The van der Waals surface area contributed by atoms with Crippen molar-refractivity contribution >= 4 is 5.69 Å². The van der Waals surface area contributed by atoms with Crippen LogP contribution in [0.2, 0.25) is 0 Å². The first-order chi connectivity index (χ1) is 10.6. The fourth-order valence-electron chi connectivity index (χ4n) is 2.49. The SMILES string of the molecule is Cc1cccc(OCCC(CN)c2ccc(N(C)C)cc2)c1. The minimum Gasteiger partial charge on any atom is -0.494 e. The Morgan fingerprint density at radius 1 is 1.09 bits per heavy atom. The third-order valence-electron chi connectivity index (χ3n) is 3.89. The Labute approximate surface area is 133 Å². The van der Waals surface area contributed by atoms with Crippen molar-refractivity contribution in [2.24, 2.45) is 5.73 Å². The summed E-state index contributed by atoms with van der Waals surface area (Å²) in [5, 5.41) is 0. The van der Waals surface area contributed by atoms with Crippen LogP contribution in [0, 0.1) is 6.92 Å². The van der Waals surface area contributed by atoms with Crippen LogP contribution in [0.3, 0.4) is 0 Å². The molecule has 22 heavy (non-hydrogen) atoms. The molecule has 0 radical (unpaired) electrons. The molecule has 3 heteroatoms. The Morgan fingerprint density at radius 2 is 1.82 bits per heavy atom. The first-order valence-electron chi connectivity index (χ1n) is 7.77. The number of benzene rings is 2. The van der Waals surface area contributed by atoms with E-state index in [-0.39, 0.29) is 0 Å². The van der Waals surface area contributed by atoms with Crippen molar-refractivity contribution in [3.05, 3.63) is 59.7 Å². The number of ether oxygens (including phenoxy) is 1. The number of nitrogens with two attached hydrogens (primary N) is 1. The fraction of sp³-hybridized carbons (Fsp3) is 0.368. The van der Waals surface area contributed by atoms with Gasteiger partial charge in [-0.3, -0.25) is 0 Å². The van der Waals surface area contributed by atoms with Gasteiger partial charge in [-0.25, -0.2) is 0 Å². The third kappa shape index (κ3) is 4.50. The molecule has 0 saturated heterocycles. The Bertz CT molecular complexity index is 578. The molecule has 2 aromatic rings. The zero-order valence-electron chi connectivity index (χ0n) is 13.8. The van der Waals surface area contributed by atoms with Gasteiger partial charge in [0.05, 0.1) is 6.61 Å². The van der Waals surface area contributed by atoms with E-state index in [1.807, 2.05) is 26.2 Å². The second-order valence-corrected chi connectivity index (χ2v) is 5.87. The Morgan fingerprint density at radius 3 is 2.41 bits per heavy atom. The number of hydrogen-bond donors (Lipinski definition) is 1. The second kappa shape index (κ2) is 7.85. The lowest BCUT2D eigenvalue weighted by Crippen LogP contribution is -2.16. The summed E-state index contributed by atoms with van der Waals surface area (Å²) in [7, 11) is 4.09. The van der Waals surface area contributed by atoms with Gasteiger partial charge in [0.2, 0.25) is 0 Å². The number of rotatable bonds is 7. The lowest BCUT2D eigenvalue weighted by atomic mass is 9.96. The minimum atomic E-state index is 0.334. The van der Waals surface area contributed by atoms with Gasteiger partial charge in [-0.05, 0) is 61.2 Å². The number of aryl methyl sites for hydroxylation is 1. The number of hydrogen-bond acceptors (Lipinski definition) is 3. The van der Waals surface area contributed by atoms with Gasteiger partial charge < -0.3 is 15.4 Å². The molecule has 2 rings (SSSR count). The maximum absolute atomic E-state index is 5.94. The predicted molar refractivity (Wildman–Crippen MR) is 93.9 cm³/mol. The largest absolute Gasteiger partial charge is 0.494 e. The molecule has 0 bridgehead atoms. The van der Waals surface area contributed by atoms with E-state index in [9.17, 15) is 0 Å². The normalized spacial score (nSPS) is 12.0. The van der Waals surface area contributed by atoms with E-state index in [4.69, 9.17) is 10.5 Å². The van der Waals surface area contributed by atoms with Crippen molar-refractivity contribution < 1.29 is 4.74 Å². The molecule has 0 saturated carbocycles. The topological polar surface area (TPSA) is 38.5 Å². The standard InChI is InChI=1S/C19H26N2O/c1-15-5-4-6-19(13-15)22-12-11-17(14-20)16-7-9-18(10-8-16)21(2)3/h4-10,13,17H,11-12,14,20H2,1-3H3. The van der Waals surface area contributed by atoms with E-state index < -0.39 is 0 Å². The first kappa shape index (κ1) is 16.4. The molecule has 0 spiro atoms. The van der Waals surface area contributed by atoms with E-state index in [1.54, 1.807) is 0 Å². The molecule has 0 aliphatic rings. The van der Waals surface area contributed by atoms with Crippen LogP contribution in [-0.4, -0.2) is 27.2 Å². The molecule has 0 heterocycles. The van der Waals surface area contributed by atoms with Crippen molar-refractivity contribution in [1.82, 2.24) is 0 Å². The molecule has 3 nitrogen and oxygen atoms in total. The highest BCUT2D eigenvalue weighted by molar-refractivity contribution is 5.46. The van der Waals surface area contributed by atoms with Gasteiger partial charge in [-0.2, -0.15) is 0 Å². The van der Waals surface area contributed by atoms with Gasteiger partial charge in [0.15, 0.2) is 0 Å². The summed E-state index contributed by atoms with van der Waals surface area (Å²) in [5.74, 6) is 1.26. The average molecular weight is 298 g/mol. The van der Waals surface area contributed by atoms with Gasteiger partial charge in [-0.1, -0.05) is 24.3 Å². The molecule has 2 N–H and O–H groups in total. The van der Waals surface area contributed by atoms with Crippen LogP contribution in [-0.2, 0) is 0 Å². The molecule has 2 aromatic carbocycles. The molecule has 0 amide bonds. The summed E-state index contributed by atoms with van der Waals surface area (Å²) in [6, 6.07) is 16.8. The first-order valence-corrected chi connectivity index (χ1v) is 7.77. The zero-order valence-corrected chi connectivity index (χ0v) is 13.8. The lowest BCUT2D eigenvalue weighted by Gasteiger charge is -2.18. The second-order valence-electron chi connectivity index (χ2n) is 5.87. The van der Waals surface area contributed by atoms with Crippen molar-refractivity contribution in [2.45, 2.75) is 19.3 Å². The summed E-state index contributed by atoms with van der Waals surface area (Å²) in [6.07, 6.45) is 0.922. The molecule has 0 aliphatic heterocycles. The molecule has 0 fully saturated rings. The Kier molecular flexibility index (Phi) is 5.84. The minimum absolute atomic E-state index is 0.334. The maximum Gasteiger partial charge on any atom is 0.119 e. The van der Waals surface area contributed by atoms with E-state index in [0.717, 1.165) is 12.2 Å². The summed E-state index contributed by atoms with van der Waals surface area (Å²) >= 11 is 0. The summed E-state index contributed by atoms with van der Waals surface area (Å²) < 4.78 is 5.84. The number of anilines is 1. The highest BCUT2D eigenvalue weighted by Crippen LogP contribution is 2.22. The van der Waals surface area contributed by atoms with Crippen molar-refractivity contribution in [1.29, 1.82) is 0 Å². The van der Waals surface area contributed by atoms with Gasteiger partial charge in [0.1, 0.15) is 5.75 Å². The lowest BCUT2D eigenvalue weighted by molar-refractivity contribution is 0.298. The smallest absolute Gasteiger partial charge is 0.119 e. The van der Waals surface area contributed by atoms with Crippen LogP contribution in [0.5, 0.6) is 5.75 Å². The number of nitrogens with zero attached hydrogens (tertiary/aromatic N) is 1. The van der Waals surface area contributed by atoms with Gasteiger partial charge >= 0.3 is 0 Å². The third-order valence-corrected chi connectivity index (χ3v) is 3.89. The monoisotopic (exact) mass is 298 g/mol. The quantitative estimate of drug-likeness (QED) is 0.849. The van der Waals surface area contributed by atoms with Gasteiger partial charge in [0, 0.05) is 19.8 Å². The van der Waals surface area contributed by atoms with Crippen LogP contribution in [0.1, 0.15) is 23.5 Å². The van der Waals surface area contributed by atoms with Crippen LogP contribution < -0.4 is 15.4 Å². The van der Waals surface area contributed by atoms with Crippen LogP contribution in [0.4, 0.5) is 5.69 Å². The highest BCUT2D eigenvalue weighted by atomic mass is 16.5. The van der Waals surface area contributed by atoms with E-state index in [0.29, 0.717) is 19.1 Å². The molecule has 1 unspecified atom stereocenters.